The highest BCUT2D eigenvalue weighted by Gasteiger charge is 2.40. The molecule has 1 heterocycles. The largest absolute Gasteiger partial charge is 0.349 e. The lowest BCUT2D eigenvalue weighted by atomic mass is 9.67. The van der Waals surface area contributed by atoms with Crippen molar-refractivity contribution in [3.05, 3.63) is 52.2 Å². The van der Waals surface area contributed by atoms with Gasteiger partial charge in [-0.05, 0) is 61.1 Å². The minimum Gasteiger partial charge on any atom is -0.349 e. The van der Waals surface area contributed by atoms with Gasteiger partial charge in [-0.2, -0.15) is 0 Å². The van der Waals surface area contributed by atoms with Gasteiger partial charge in [-0.3, -0.25) is 9.59 Å². The number of nitrogens with two attached hydrogens (primary N) is 1. The quantitative estimate of drug-likeness (QED) is 0.698. The Labute approximate surface area is 175 Å². The second kappa shape index (κ2) is 9.07. The van der Waals surface area contributed by atoms with E-state index in [1.54, 1.807) is 18.2 Å². The number of amides is 2. The van der Waals surface area contributed by atoms with Crippen LogP contribution in [0.15, 0.2) is 41.8 Å². The number of anilines is 1. The highest BCUT2D eigenvalue weighted by Crippen LogP contribution is 2.39. The van der Waals surface area contributed by atoms with Crippen LogP contribution < -0.4 is 16.4 Å². The number of benzene rings is 1. The van der Waals surface area contributed by atoms with Gasteiger partial charge in [-0.1, -0.05) is 24.6 Å². The van der Waals surface area contributed by atoms with Crippen molar-refractivity contribution in [2.45, 2.75) is 44.2 Å². The number of nitrogens with one attached hydrogen (secondary N) is 2. The minimum atomic E-state index is -0.189. The summed E-state index contributed by atoms with van der Waals surface area (Å²) in [7, 11) is 0. The molecule has 7 heteroatoms. The molecule has 2 aromatic rings. The van der Waals surface area contributed by atoms with Crippen molar-refractivity contribution in [3.63, 3.8) is 0 Å². The smallest absolute Gasteiger partial charge is 0.265 e. The molecule has 2 unspecified atom stereocenters. The summed E-state index contributed by atoms with van der Waals surface area (Å²) in [5.74, 6) is 0.619. The van der Waals surface area contributed by atoms with Crippen LogP contribution in [0.5, 0.6) is 0 Å². The number of halogens is 1. The van der Waals surface area contributed by atoms with Crippen LogP contribution in [0, 0.1) is 11.8 Å². The minimum absolute atomic E-state index is 0. The van der Waals surface area contributed by atoms with Crippen LogP contribution in [0.3, 0.4) is 0 Å². The van der Waals surface area contributed by atoms with E-state index in [9.17, 15) is 9.59 Å². The summed E-state index contributed by atoms with van der Waals surface area (Å²) in [4.78, 5) is 26.0. The molecule has 150 valence electrons. The van der Waals surface area contributed by atoms with Crippen molar-refractivity contribution >= 4 is 41.2 Å². The Hall–Kier alpha value is -1.89. The average Bonchev–Trinajstić information content (AvgIpc) is 3.18. The normalized spacial score (nSPS) is 26.0. The molecule has 5 nitrogen and oxygen atoms in total. The summed E-state index contributed by atoms with van der Waals surface area (Å²) in [5, 5.41) is 8.00. The summed E-state index contributed by atoms with van der Waals surface area (Å²) in [6.07, 6.45) is 5.45. The molecule has 0 saturated heterocycles. The number of rotatable bonds is 4. The number of para-hydroxylation sites is 1. The molecular formula is C21H26ClN3O2S. The third kappa shape index (κ3) is 4.40. The van der Waals surface area contributed by atoms with E-state index < -0.39 is 0 Å². The van der Waals surface area contributed by atoms with Gasteiger partial charge in [0, 0.05) is 12.1 Å². The standard InChI is InChI=1S/C21H25N3O2S.ClH/c22-15-11-13-5-3-6-14(12-15)19(13)24-20(25)16-7-1-2-8-17(16)23-21(26)18-9-4-10-27-18;/h1-2,4,7-10,13-15,19H,3,5-6,11-12,22H2,(H,23,26)(H,24,25);1H. The molecule has 2 fully saturated rings. The number of carbonyl (C=O) groups is 2. The maximum Gasteiger partial charge on any atom is 0.265 e. The molecule has 0 radical (unpaired) electrons. The molecule has 2 atom stereocenters. The van der Waals surface area contributed by atoms with Gasteiger partial charge in [0.25, 0.3) is 11.8 Å². The fraction of sp³-hybridized carbons (Fsp3) is 0.429. The second-order valence-electron chi connectivity index (χ2n) is 7.66. The van der Waals surface area contributed by atoms with Crippen molar-refractivity contribution in [2.24, 2.45) is 17.6 Å². The van der Waals surface area contributed by atoms with Gasteiger partial charge in [-0.25, -0.2) is 0 Å². The Morgan fingerprint density at radius 3 is 2.39 bits per heavy atom. The van der Waals surface area contributed by atoms with E-state index >= 15 is 0 Å². The van der Waals surface area contributed by atoms with E-state index in [1.807, 2.05) is 23.6 Å². The molecule has 2 amide bonds. The van der Waals surface area contributed by atoms with Crippen LogP contribution >= 0.6 is 23.7 Å². The van der Waals surface area contributed by atoms with E-state index in [1.165, 1.54) is 17.8 Å². The average molecular weight is 420 g/mol. The summed E-state index contributed by atoms with van der Waals surface area (Å²) >= 11 is 1.38. The first-order valence-corrected chi connectivity index (χ1v) is 10.5. The van der Waals surface area contributed by atoms with Crippen LogP contribution in [-0.4, -0.2) is 23.9 Å². The van der Waals surface area contributed by atoms with Gasteiger partial charge < -0.3 is 16.4 Å². The Balaban J connectivity index is 0.00000225. The lowest BCUT2D eigenvalue weighted by Crippen LogP contribution is -2.53. The van der Waals surface area contributed by atoms with Crippen LogP contribution in [-0.2, 0) is 0 Å². The zero-order chi connectivity index (χ0) is 18.8. The topological polar surface area (TPSA) is 84.2 Å². The van der Waals surface area contributed by atoms with Crippen molar-refractivity contribution in [2.75, 3.05) is 5.32 Å². The van der Waals surface area contributed by atoms with Crippen LogP contribution in [0.1, 0.15) is 52.1 Å². The molecule has 4 N–H and O–H groups in total. The SMILES string of the molecule is Cl.NC1CC2CCCC(C1)C2NC(=O)c1ccccc1NC(=O)c1cccs1. The second-order valence-corrected chi connectivity index (χ2v) is 8.61. The fourth-order valence-corrected chi connectivity index (χ4v) is 5.25. The Bertz CT molecular complexity index is 813. The number of hydrogen-bond donors (Lipinski definition) is 3. The number of carbonyl (C=O) groups excluding carboxylic acids is 2. The molecule has 1 aromatic heterocycles. The van der Waals surface area contributed by atoms with Gasteiger partial charge in [0.05, 0.1) is 16.1 Å². The molecule has 0 aliphatic heterocycles. The Kier molecular flexibility index (Phi) is 6.75. The molecule has 1 aromatic carbocycles. The van der Waals surface area contributed by atoms with Crippen molar-refractivity contribution < 1.29 is 9.59 Å². The number of hydrogen-bond acceptors (Lipinski definition) is 4. The highest BCUT2D eigenvalue weighted by atomic mass is 35.5. The van der Waals surface area contributed by atoms with E-state index in [2.05, 4.69) is 10.6 Å². The molecular weight excluding hydrogens is 394 g/mol. The number of fused-ring (bicyclic) bond motifs is 2. The molecule has 2 aliphatic rings. The van der Waals surface area contributed by atoms with Crippen LogP contribution in [0.25, 0.3) is 0 Å². The third-order valence-corrected chi connectivity index (χ3v) is 6.71. The predicted molar refractivity (Wildman–Crippen MR) is 115 cm³/mol. The first-order chi connectivity index (χ1) is 13.1. The summed E-state index contributed by atoms with van der Waals surface area (Å²) in [6.45, 7) is 0. The summed E-state index contributed by atoms with van der Waals surface area (Å²) < 4.78 is 0. The maximum absolute atomic E-state index is 13.0. The van der Waals surface area contributed by atoms with Gasteiger partial charge in [0.15, 0.2) is 0 Å². The summed E-state index contributed by atoms with van der Waals surface area (Å²) in [6, 6.07) is 11.3. The number of thiophene rings is 1. The predicted octanol–water partition coefficient (Wildman–Crippen LogP) is 4.06. The molecule has 2 aliphatic carbocycles. The van der Waals surface area contributed by atoms with E-state index in [-0.39, 0.29) is 36.3 Å². The van der Waals surface area contributed by atoms with E-state index in [0.717, 1.165) is 25.7 Å². The summed E-state index contributed by atoms with van der Waals surface area (Å²) in [5.41, 5.74) is 7.25. The third-order valence-electron chi connectivity index (χ3n) is 5.84. The molecule has 0 spiro atoms. The van der Waals surface area contributed by atoms with E-state index in [0.29, 0.717) is 28.0 Å². The maximum atomic E-state index is 13.0. The first-order valence-electron chi connectivity index (χ1n) is 9.62. The van der Waals surface area contributed by atoms with Gasteiger partial charge in [0.2, 0.25) is 0 Å². The fourth-order valence-electron chi connectivity index (χ4n) is 4.64. The van der Waals surface area contributed by atoms with Crippen molar-refractivity contribution in [3.8, 4) is 0 Å². The van der Waals surface area contributed by atoms with Gasteiger partial charge in [0.1, 0.15) is 0 Å². The Morgan fingerprint density at radius 1 is 1.00 bits per heavy atom. The Morgan fingerprint density at radius 2 is 1.71 bits per heavy atom. The molecule has 28 heavy (non-hydrogen) atoms. The van der Waals surface area contributed by atoms with Crippen molar-refractivity contribution in [1.82, 2.24) is 5.32 Å². The monoisotopic (exact) mass is 419 g/mol. The lowest BCUT2D eigenvalue weighted by molar-refractivity contribution is 0.0757. The molecule has 2 bridgehead atoms. The van der Waals surface area contributed by atoms with Crippen LogP contribution in [0.2, 0.25) is 0 Å². The van der Waals surface area contributed by atoms with Crippen LogP contribution in [0.4, 0.5) is 5.69 Å². The molecule has 4 rings (SSSR count). The van der Waals surface area contributed by atoms with E-state index in [4.69, 9.17) is 5.73 Å². The highest BCUT2D eigenvalue weighted by molar-refractivity contribution is 7.12. The molecule has 2 saturated carbocycles. The van der Waals surface area contributed by atoms with Crippen molar-refractivity contribution in [1.29, 1.82) is 0 Å². The zero-order valence-corrected chi connectivity index (χ0v) is 17.2. The lowest BCUT2D eigenvalue weighted by Gasteiger charge is -2.45. The van der Waals surface area contributed by atoms with Gasteiger partial charge in [-0.15, -0.1) is 23.7 Å². The zero-order valence-electron chi connectivity index (χ0n) is 15.6. The first kappa shape index (κ1) is 20.8. The van der Waals surface area contributed by atoms with Gasteiger partial charge >= 0.3 is 0 Å².